The summed E-state index contributed by atoms with van der Waals surface area (Å²) in [6, 6.07) is 20.7. The molecule has 0 aromatic heterocycles. The Morgan fingerprint density at radius 1 is 0.933 bits per heavy atom. The molecule has 0 unspecified atom stereocenters. The van der Waals surface area contributed by atoms with Gasteiger partial charge in [0.25, 0.3) is 5.91 Å². The van der Waals surface area contributed by atoms with E-state index in [9.17, 15) is 9.59 Å². The average Bonchev–Trinajstić information content (AvgIpc) is 3.01. The van der Waals surface area contributed by atoms with Gasteiger partial charge in [-0.15, -0.1) is 0 Å². The van der Waals surface area contributed by atoms with Gasteiger partial charge in [-0.25, -0.2) is 9.69 Å². The summed E-state index contributed by atoms with van der Waals surface area (Å²) in [5, 5.41) is 3.69. The first-order valence-electron chi connectivity index (χ1n) is 9.10. The SMILES string of the molecule is O=C1N/C(=C/c2ccc(OCc3ccccc3Cl)cc2)C(=O)N1c1cccc(Cl)c1. The predicted molar refractivity (Wildman–Crippen MR) is 118 cm³/mol. The molecule has 1 fully saturated rings. The molecule has 0 atom stereocenters. The topological polar surface area (TPSA) is 58.6 Å². The lowest BCUT2D eigenvalue weighted by Gasteiger charge is -2.11. The van der Waals surface area contributed by atoms with Crippen LogP contribution < -0.4 is 15.0 Å². The van der Waals surface area contributed by atoms with E-state index in [0.29, 0.717) is 28.1 Å². The van der Waals surface area contributed by atoms with E-state index >= 15 is 0 Å². The van der Waals surface area contributed by atoms with E-state index in [1.807, 2.05) is 24.3 Å². The largest absolute Gasteiger partial charge is 0.489 e. The van der Waals surface area contributed by atoms with Crippen LogP contribution in [-0.2, 0) is 11.4 Å². The number of hydrogen-bond donors (Lipinski definition) is 1. The molecule has 1 saturated heterocycles. The highest BCUT2D eigenvalue weighted by atomic mass is 35.5. The Morgan fingerprint density at radius 2 is 1.70 bits per heavy atom. The molecule has 0 aliphatic carbocycles. The first kappa shape index (κ1) is 20.0. The van der Waals surface area contributed by atoms with Crippen molar-refractivity contribution < 1.29 is 14.3 Å². The predicted octanol–water partition coefficient (Wildman–Crippen LogP) is 5.67. The van der Waals surface area contributed by atoms with Crippen molar-refractivity contribution in [2.75, 3.05) is 4.90 Å². The third-order valence-electron chi connectivity index (χ3n) is 4.49. The lowest BCUT2D eigenvalue weighted by Crippen LogP contribution is -2.30. The van der Waals surface area contributed by atoms with Gasteiger partial charge in [-0.3, -0.25) is 4.79 Å². The van der Waals surface area contributed by atoms with E-state index < -0.39 is 11.9 Å². The average molecular weight is 439 g/mol. The number of urea groups is 1. The third kappa shape index (κ3) is 4.32. The molecule has 4 rings (SSSR count). The molecule has 0 bridgehead atoms. The molecular weight excluding hydrogens is 423 g/mol. The molecular formula is C23H16Cl2N2O3. The fraction of sp³-hybridized carbons (Fsp3) is 0.0435. The normalized spacial score (nSPS) is 14.9. The number of hydrogen-bond acceptors (Lipinski definition) is 3. The summed E-state index contributed by atoms with van der Waals surface area (Å²) in [5.74, 6) is 0.223. The van der Waals surface area contributed by atoms with Crippen LogP contribution in [0.4, 0.5) is 10.5 Å². The highest BCUT2D eigenvalue weighted by molar-refractivity contribution is 6.32. The van der Waals surface area contributed by atoms with Gasteiger partial charge in [-0.05, 0) is 48.0 Å². The highest BCUT2D eigenvalue weighted by Gasteiger charge is 2.34. The van der Waals surface area contributed by atoms with Crippen LogP contribution in [0.5, 0.6) is 5.75 Å². The zero-order chi connectivity index (χ0) is 21.1. The molecule has 1 aliphatic rings. The summed E-state index contributed by atoms with van der Waals surface area (Å²) in [6.07, 6.45) is 1.61. The second-order valence-electron chi connectivity index (χ2n) is 6.56. The number of amides is 3. The molecule has 1 aliphatic heterocycles. The van der Waals surface area contributed by atoms with Crippen LogP contribution >= 0.6 is 23.2 Å². The zero-order valence-corrected chi connectivity index (χ0v) is 17.2. The summed E-state index contributed by atoms with van der Waals surface area (Å²) < 4.78 is 5.76. The summed E-state index contributed by atoms with van der Waals surface area (Å²) in [5.41, 5.74) is 2.24. The first-order chi connectivity index (χ1) is 14.5. The first-order valence-corrected chi connectivity index (χ1v) is 9.86. The molecule has 0 saturated carbocycles. The van der Waals surface area contributed by atoms with Crippen LogP contribution in [0.25, 0.3) is 6.08 Å². The number of anilines is 1. The van der Waals surface area contributed by atoms with Gasteiger partial charge >= 0.3 is 6.03 Å². The number of nitrogens with one attached hydrogen (secondary N) is 1. The minimum absolute atomic E-state index is 0.185. The van der Waals surface area contributed by atoms with Crippen molar-refractivity contribution in [3.05, 3.63) is 99.7 Å². The molecule has 1 N–H and O–H groups in total. The van der Waals surface area contributed by atoms with Crippen molar-refractivity contribution in [3.63, 3.8) is 0 Å². The van der Waals surface area contributed by atoms with Gasteiger partial charge < -0.3 is 10.1 Å². The van der Waals surface area contributed by atoms with E-state index in [2.05, 4.69) is 5.32 Å². The summed E-state index contributed by atoms with van der Waals surface area (Å²) in [6.45, 7) is 0.350. The number of carbonyl (C=O) groups excluding carboxylic acids is 2. The molecule has 30 heavy (non-hydrogen) atoms. The molecule has 5 nitrogen and oxygen atoms in total. The molecule has 3 amide bonds. The number of imide groups is 1. The Hall–Kier alpha value is -3.28. The van der Waals surface area contributed by atoms with Crippen LogP contribution in [0.2, 0.25) is 10.0 Å². The van der Waals surface area contributed by atoms with Crippen LogP contribution in [0.1, 0.15) is 11.1 Å². The maximum Gasteiger partial charge on any atom is 0.333 e. The molecule has 150 valence electrons. The van der Waals surface area contributed by atoms with Crippen molar-refractivity contribution >= 4 is 46.9 Å². The van der Waals surface area contributed by atoms with Crippen molar-refractivity contribution in [1.29, 1.82) is 0 Å². The Balaban J connectivity index is 1.46. The fourth-order valence-corrected chi connectivity index (χ4v) is 3.36. The number of halogens is 2. The number of benzene rings is 3. The lowest BCUT2D eigenvalue weighted by molar-refractivity contribution is -0.113. The molecule has 0 radical (unpaired) electrons. The van der Waals surface area contributed by atoms with Crippen molar-refractivity contribution in [2.24, 2.45) is 0 Å². The van der Waals surface area contributed by atoms with E-state index in [1.165, 1.54) is 0 Å². The van der Waals surface area contributed by atoms with Crippen molar-refractivity contribution in [1.82, 2.24) is 5.32 Å². The summed E-state index contributed by atoms with van der Waals surface area (Å²) >= 11 is 12.1. The molecule has 7 heteroatoms. The lowest BCUT2D eigenvalue weighted by atomic mass is 10.2. The Labute approximate surface area is 183 Å². The number of rotatable bonds is 5. The molecule has 3 aromatic rings. The van der Waals surface area contributed by atoms with Crippen LogP contribution in [0, 0.1) is 0 Å². The second-order valence-corrected chi connectivity index (χ2v) is 7.40. The third-order valence-corrected chi connectivity index (χ3v) is 5.09. The smallest absolute Gasteiger partial charge is 0.333 e. The highest BCUT2D eigenvalue weighted by Crippen LogP contribution is 2.25. The Kier molecular flexibility index (Phi) is 5.74. The van der Waals surface area contributed by atoms with Gasteiger partial charge in [0.2, 0.25) is 0 Å². The van der Waals surface area contributed by atoms with E-state index in [-0.39, 0.29) is 5.70 Å². The van der Waals surface area contributed by atoms with Crippen LogP contribution in [-0.4, -0.2) is 11.9 Å². The van der Waals surface area contributed by atoms with E-state index in [0.717, 1.165) is 16.0 Å². The molecule has 3 aromatic carbocycles. The van der Waals surface area contributed by atoms with Gasteiger partial charge in [-0.2, -0.15) is 0 Å². The van der Waals surface area contributed by atoms with E-state index in [4.69, 9.17) is 27.9 Å². The maximum atomic E-state index is 12.7. The van der Waals surface area contributed by atoms with Gasteiger partial charge in [0.1, 0.15) is 18.1 Å². The summed E-state index contributed by atoms with van der Waals surface area (Å²) in [4.78, 5) is 26.0. The standard InChI is InChI=1S/C23H16Cl2N2O3/c24-17-5-3-6-18(13-17)27-22(28)21(26-23(27)29)12-15-8-10-19(11-9-15)30-14-16-4-1-2-7-20(16)25/h1-13H,14H2,(H,26,29)/b21-12+. The number of ether oxygens (including phenoxy) is 1. The van der Waals surface area contributed by atoms with Gasteiger partial charge in [0, 0.05) is 15.6 Å². The quantitative estimate of drug-likeness (QED) is 0.412. The van der Waals surface area contributed by atoms with Gasteiger partial charge in [-0.1, -0.05) is 59.6 Å². The van der Waals surface area contributed by atoms with Gasteiger partial charge in [0.15, 0.2) is 0 Å². The van der Waals surface area contributed by atoms with Gasteiger partial charge in [0.05, 0.1) is 5.69 Å². The Morgan fingerprint density at radius 3 is 2.43 bits per heavy atom. The fourth-order valence-electron chi connectivity index (χ4n) is 2.99. The van der Waals surface area contributed by atoms with Crippen LogP contribution in [0.3, 0.4) is 0 Å². The minimum atomic E-state index is -0.520. The molecule has 1 heterocycles. The zero-order valence-electron chi connectivity index (χ0n) is 15.6. The van der Waals surface area contributed by atoms with Crippen LogP contribution in [0.15, 0.2) is 78.5 Å². The minimum Gasteiger partial charge on any atom is -0.489 e. The monoisotopic (exact) mass is 438 g/mol. The summed E-state index contributed by atoms with van der Waals surface area (Å²) in [7, 11) is 0. The molecule has 0 spiro atoms. The number of nitrogens with zero attached hydrogens (tertiary/aromatic N) is 1. The maximum absolute atomic E-state index is 12.7. The second kappa shape index (κ2) is 8.61. The van der Waals surface area contributed by atoms with Crippen molar-refractivity contribution in [2.45, 2.75) is 6.61 Å². The van der Waals surface area contributed by atoms with E-state index in [1.54, 1.807) is 54.6 Å². The van der Waals surface area contributed by atoms with Crippen molar-refractivity contribution in [3.8, 4) is 5.75 Å². The number of carbonyl (C=O) groups is 2. The Bertz CT molecular complexity index is 1140.